The molecular weight excluding hydrogens is 328 g/mol. The van der Waals surface area contributed by atoms with Crippen molar-refractivity contribution in [3.05, 3.63) is 46.3 Å². The Labute approximate surface area is 124 Å². The Morgan fingerprint density at radius 1 is 1.20 bits per heavy atom. The van der Waals surface area contributed by atoms with E-state index in [1.54, 1.807) is 0 Å². The molecule has 0 atom stereocenters. The van der Waals surface area contributed by atoms with Gasteiger partial charge in [-0.05, 0) is 24.3 Å². The van der Waals surface area contributed by atoms with Gasteiger partial charge >= 0.3 is 0 Å². The third-order valence-electron chi connectivity index (χ3n) is 2.29. The van der Waals surface area contributed by atoms with E-state index >= 15 is 0 Å². The highest BCUT2D eigenvalue weighted by atomic mass is 35.5. The van der Waals surface area contributed by atoms with E-state index in [4.69, 9.17) is 28.9 Å². The molecule has 2 rings (SSSR count). The lowest BCUT2D eigenvalue weighted by Crippen LogP contribution is -2.16. The molecule has 0 aliphatic rings. The minimum Gasteiger partial charge on any atom is -0.396 e. The van der Waals surface area contributed by atoms with Gasteiger partial charge in [-0.2, -0.15) is 0 Å². The molecule has 2 aromatic rings. The number of anilines is 2. The van der Waals surface area contributed by atoms with Gasteiger partial charge in [-0.25, -0.2) is 17.8 Å². The molecule has 1 heterocycles. The molecule has 106 valence electrons. The fraction of sp³-hybridized carbons (Fsp3) is 0. The Morgan fingerprint density at radius 3 is 2.50 bits per heavy atom. The van der Waals surface area contributed by atoms with Crippen molar-refractivity contribution in [1.82, 2.24) is 4.98 Å². The number of halogens is 3. The Balaban J connectivity index is 2.43. The summed E-state index contributed by atoms with van der Waals surface area (Å²) >= 11 is 11.3. The molecule has 0 saturated heterocycles. The smallest absolute Gasteiger partial charge is 0.266 e. The Morgan fingerprint density at radius 2 is 1.90 bits per heavy atom. The first-order valence-electron chi connectivity index (χ1n) is 5.18. The molecule has 0 unspecified atom stereocenters. The number of nitrogens with zero attached hydrogens (tertiary/aromatic N) is 1. The van der Waals surface area contributed by atoms with Crippen LogP contribution in [-0.4, -0.2) is 13.4 Å². The summed E-state index contributed by atoms with van der Waals surface area (Å²) in [4.78, 5) is 3.10. The highest BCUT2D eigenvalue weighted by molar-refractivity contribution is 7.92. The highest BCUT2D eigenvalue weighted by Crippen LogP contribution is 2.26. The van der Waals surface area contributed by atoms with E-state index in [9.17, 15) is 12.8 Å². The number of hydrogen-bond acceptors (Lipinski definition) is 4. The van der Waals surface area contributed by atoms with E-state index < -0.39 is 20.7 Å². The molecule has 20 heavy (non-hydrogen) atoms. The monoisotopic (exact) mass is 335 g/mol. The Bertz CT molecular complexity index is 751. The van der Waals surface area contributed by atoms with E-state index in [-0.39, 0.29) is 16.5 Å². The second kappa shape index (κ2) is 5.43. The first kappa shape index (κ1) is 14.8. The molecule has 3 N–H and O–H groups in total. The number of aromatic nitrogens is 1. The van der Waals surface area contributed by atoms with Gasteiger partial charge < -0.3 is 5.73 Å². The normalized spacial score (nSPS) is 11.3. The molecule has 0 fully saturated rings. The maximum Gasteiger partial charge on any atom is 0.266 e. The van der Waals surface area contributed by atoms with Crippen LogP contribution in [0.1, 0.15) is 0 Å². The van der Waals surface area contributed by atoms with Crippen molar-refractivity contribution in [2.45, 2.75) is 4.90 Å². The average molecular weight is 336 g/mol. The van der Waals surface area contributed by atoms with Gasteiger partial charge in [0.1, 0.15) is 10.7 Å². The predicted molar refractivity (Wildman–Crippen MR) is 75.9 cm³/mol. The maximum atomic E-state index is 13.8. The summed E-state index contributed by atoms with van der Waals surface area (Å²) in [6.07, 6.45) is 1.25. The zero-order valence-corrected chi connectivity index (χ0v) is 12.1. The molecular formula is C11H8Cl2FN3O2S. The summed E-state index contributed by atoms with van der Waals surface area (Å²) in [5.41, 5.74) is 4.99. The minimum atomic E-state index is -4.20. The highest BCUT2D eigenvalue weighted by Gasteiger charge is 2.22. The van der Waals surface area contributed by atoms with Gasteiger partial charge in [0.05, 0.1) is 10.7 Å². The standard InChI is InChI=1S/C11H8Cl2FN3O2S/c12-6-1-2-10(16-5-6)17-20(18,19)9-4-7(13)3-8(15)11(9)14/h1-5H,15H2,(H,16,17). The zero-order valence-electron chi connectivity index (χ0n) is 9.77. The van der Waals surface area contributed by atoms with Crippen LogP contribution in [0.4, 0.5) is 15.9 Å². The maximum absolute atomic E-state index is 13.8. The molecule has 0 radical (unpaired) electrons. The van der Waals surface area contributed by atoms with Gasteiger partial charge in [0.25, 0.3) is 10.0 Å². The first-order chi connectivity index (χ1) is 9.29. The molecule has 1 aromatic carbocycles. The third-order valence-corrected chi connectivity index (χ3v) is 4.08. The van der Waals surface area contributed by atoms with Crippen LogP contribution in [0.3, 0.4) is 0 Å². The van der Waals surface area contributed by atoms with E-state index in [1.165, 1.54) is 18.3 Å². The number of rotatable bonds is 3. The van der Waals surface area contributed by atoms with Crippen LogP contribution in [-0.2, 0) is 10.0 Å². The van der Waals surface area contributed by atoms with Crippen molar-refractivity contribution in [2.24, 2.45) is 0 Å². The molecule has 0 aliphatic carbocycles. The van der Waals surface area contributed by atoms with E-state index in [1.807, 2.05) is 0 Å². The van der Waals surface area contributed by atoms with Gasteiger partial charge in [-0.15, -0.1) is 0 Å². The fourth-order valence-electron chi connectivity index (χ4n) is 1.41. The van der Waals surface area contributed by atoms with Crippen LogP contribution >= 0.6 is 23.2 Å². The van der Waals surface area contributed by atoms with Crippen molar-refractivity contribution in [3.8, 4) is 0 Å². The van der Waals surface area contributed by atoms with Crippen LogP contribution in [0.5, 0.6) is 0 Å². The second-order valence-corrected chi connectivity index (χ2v) is 6.30. The summed E-state index contributed by atoms with van der Waals surface area (Å²) < 4.78 is 40.1. The van der Waals surface area contributed by atoms with Crippen molar-refractivity contribution in [3.63, 3.8) is 0 Å². The van der Waals surface area contributed by atoms with Gasteiger partial charge in [0, 0.05) is 11.2 Å². The number of nitrogen functional groups attached to an aromatic ring is 1. The second-order valence-electron chi connectivity index (χ2n) is 3.77. The fourth-order valence-corrected chi connectivity index (χ4v) is 2.95. The van der Waals surface area contributed by atoms with E-state index in [0.29, 0.717) is 5.02 Å². The molecule has 9 heteroatoms. The average Bonchev–Trinajstić information content (AvgIpc) is 2.36. The van der Waals surface area contributed by atoms with Crippen LogP contribution < -0.4 is 10.5 Å². The van der Waals surface area contributed by atoms with Crippen LogP contribution in [0, 0.1) is 5.82 Å². The van der Waals surface area contributed by atoms with Crippen LogP contribution in [0.25, 0.3) is 0 Å². The number of sulfonamides is 1. The van der Waals surface area contributed by atoms with Gasteiger partial charge in [-0.1, -0.05) is 23.2 Å². The topological polar surface area (TPSA) is 85.1 Å². The summed E-state index contributed by atoms with van der Waals surface area (Å²) in [6.45, 7) is 0. The largest absolute Gasteiger partial charge is 0.396 e. The number of benzene rings is 1. The summed E-state index contributed by atoms with van der Waals surface area (Å²) in [7, 11) is -4.20. The Kier molecular flexibility index (Phi) is 4.03. The summed E-state index contributed by atoms with van der Waals surface area (Å²) in [5.74, 6) is -1.08. The third kappa shape index (κ3) is 3.12. The van der Waals surface area contributed by atoms with E-state index in [0.717, 1.165) is 12.1 Å². The van der Waals surface area contributed by atoms with Gasteiger partial charge in [0.2, 0.25) is 0 Å². The lowest BCUT2D eigenvalue weighted by molar-refractivity contribution is 0.573. The summed E-state index contributed by atoms with van der Waals surface area (Å²) in [6, 6.07) is 4.86. The molecule has 0 aliphatic heterocycles. The quantitative estimate of drug-likeness (QED) is 0.844. The summed E-state index contributed by atoms with van der Waals surface area (Å²) in [5, 5.41) is 0.347. The van der Waals surface area contributed by atoms with Gasteiger partial charge in [-0.3, -0.25) is 4.72 Å². The first-order valence-corrected chi connectivity index (χ1v) is 7.42. The van der Waals surface area contributed by atoms with Crippen LogP contribution in [0.15, 0.2) is 35.4 Å². The molecule has 0 spiro atoms. The van der Waals surface area contributed by atoms with Crippen molar-refractivity contribution >= 4 is 44.7 Å². The molecule has 0 bridgehead atoms. The predicted octanol–water partition coefficient (Wildman–Crippen LogP) is 2.91. The molecule has 1 aromatic heterocycles. The molecule has 5 nitrogen and oxygen atoms in total. The van der Waals surface area contributed by atoms with Crippen LogP contribution in [0.2, 0.25) is 10.0 Å². The lowest BCUT2D eigenvalue weighted by Gasteiger charge is -2.10. The van der Waals surface area contributed by atoms with Crippen molar-refractivity contribution in [2.75, 3.05) is 10.5 Å². The van der Waals surface area contributed by atoms with Crippen molar-refractivity contribution in [1.29, 1.82) is 0 Å². The zero-order chi connectivity index (χ0) is 14.9. The SMILES string of the molecule is Nc1cc(Cl)cc(S(=O)(=O)Nc2ccc(Cl)cn2)c1F. The number of nitrogens with two attached hydrogens (primary N) is 1. The van der Waals surface area contributed by atoms with Gasteiger partial charge in [0.15, 0.2) is 5.82 Å². The minimum absolute atomic E-state index is 0.00709. The number of nitrogens with one attached hydrogen (secondary N) is 1. The Hall–Kier alpha value is -1.57. The lowest BCUT2D eigenvalue weighted by atomic mass is 10.3. The van der Waals surface area contributed by atoms with Crippen molar-refractivity contribution < 1.29 is 12.8 Å². The number of pyridine rings is 1. The number of hydrogen-bond donors (Lipinski definition) is 2. The molecule has 0 saturated carbocycles. The molecule has 0 amide bonds. The van der Waals surface area contributed by atoms with E-state index in [2.05, 4.69) is 9.71 Å².